The molecule has 0 aliphatic rings. The van der Waals surface area contributed by atoms with Gasteiger partial charge < -0.3 is 15.2 Å². The zero-order valence-electron chi connectivity index (χ0n) is 10.7. The summed E-state index contributed by atoms with van der Waals surface area (Å²) in [6, 6.07) is 10.1. The molecule has 0 spiro atoms. The average molecular weight is 318 g/mol. The number of nitrogens with two attached hydrogens (primary N) is 1. The van der Waals surface area contributed by atoms with Crippen molar-refractivity contribution in [3.63, 3.8) is 0 Å². The number of hydrogen-bond donors (Lipinski definition) is 1. The maximum Gasteiger partial charge on any atom is 0.573 e. The minimum atomic E-state index is -4.72. The first kappa shape index (κ1) is 15.5. The van der Waals surface area contributed by atoms with Crippen molar-refractivity contribution < 1.29 is 22.6 Å². The van der Waals surface area contributed by atoms with Gasteiger partial charge in [0.15, 0.2) is 0 Å². The van der Waals surface area contributed by atoms with Crippen LogP contribution in [0.2, 0.25) is 5.02 Å². The molecule has 0 aromatic heterocycles. The molecule has 2 rings (SSSR count). The zero-order chi connectivity index (χ0) is 15.5. The average Bonchev–Trinajstić information content (AvgIpc) is 2.41. The Morgan fingerprint density at radius 1 is 1.00 bits per heavy atom. The predicted molar refractivity (Wildman–Crippen MR) is 72.5 cm³/mol. The summed E-state index contributed by atoms with van der Waals surface area (Å²) in [7, 11) is 0. The summed E-state index contributed by atoms with van der Waals surface area (Å²) in [5.74, 6) is 0.407. The molecule has 112 valence electrons. The van der Waals surface area contributed by atoms with Gasteiger partial charge in [-0.2, -0.15) is 0 Å². The molecule has 2 N–H and O–H groups in total. The Morgan fingerprint density at radius 3 is 2.14 bits per heavy atom. The van der Waals surface area contributed by atoms with Crippen LogP contribution in [0.4, 0.5) is 13.2 Å². The quantitative estimate of drug-likeness (QED) is 0.903. The van der Waals surface area contributed by atoms with Gasteiger partial charge in [0.1, 0.15) is 17.2 Å². The summed E-state index contributed by atoms with van der Waals surface area (Å²) in [5, 5.41) is 0.369. The van der Waals surface area contributed by atoms with Crippen LogP contribution in [0.5, 0.6) is 17.2 Å². The Hall–Kier alpha value is -1.92. The highest BCUT2D eigenvalue weighted by atomic mass is 35.5. The molecule has 0 radical (unpaired) electrons. The van der Waals surface area contributed by atoms with Gasteiger partial charge in [0.25, 0.3) is 0 Å². The van der Waals surface area contributed by atoms with Crippen LogP contribution in [-0.4, -0.2) is 6.36 Å². The van der Waals surface area contributed by atoms with Gasteiger partial charge in [-0.3, -0.25) is 0 Å². The van der Waals surface area contributed by atoms with Crippen molar-refractivity contribution in [2.24, 2.45) is 5.73 Å². The SMILES string of the molecule is NCc1ccc(Oc2ccc(OC(F)(F)F)cc2)c(Cl)c1. The lowest BCUT2D eigenvalue weighted by molar-refractivity contribution is -0.274. The largest absolute Gasteiger partial charge is 0.573 e. The van der Waals surface area contributed by atoms with Crippen LogP contribution in [0.25, 0.3) is 0 Å². The summed E-state index contributed by atoms with van der Waals surface area (Å²) in [6.07, 6.45) is -4.72. The van der Waals surface area contributed by atoms with Crippen molar-refractivity contribution in [1.29, 1.82) is 0 Å². The van der Waals surface area contributed by atoms with Gasteiger partial charge in [-0.1, -0.05) is 17.7 Å². The maximum atomic E-state index is 12.0. The number of benzene rings is 2. The third kappa shape index (κ3) is 4.54. The van der Waals surface area contributed by atoms with Gasteiger partial charge in [-0.15, -0.1) is 13.2 Å². The molecular weight excluding hydrogens is 307 g/mol. The standard InChI is InChI=1S/C14H11ClF3NO2/c15-12-7-9(8-19)1-6-13(12)20-10-2-4-11(5-3-10)21-14(16,17)18/h1-7H,8,19H2. The van der Waals surface area contributed by atoms with Crippen LogP contribution < -0.4 is 15.2 Å². The van der Waals surface area contributed by atoms with Gasteiger partial charge in [-0.25, -0.2) is 0 Å². The number of rotatable bonds is 4. The molecule has 0 saturated carbocycles. The smallest absolute Gasteiger partial charge is 0.456 e. The van der Waals surface area contributed by atoms with Crippen LogP contribution in [-0.2, 0) is 6.54 Å². The van der Waals surface area contributed by atoms with E-state index in [0.717, 1.165) is 17.7 Å². The molecule has 0 aliphatic carbocycles. The minimum Gasteiger partial charge on any atom is -0.456 e. The highest BCUT2D eigenvalue weighted by Crippen LogP contribution is 2.31. The van der Waals surface area contributed by atoms with Crippen molar-refractivity contribution >= 4 is 11.6 Å². The van der Waals surface area contributed by atoms with Gasteiger partial charge >= 0.3 is 6.36 Å². The van der Waals surface area contributed by atoms with E-state index in [4.69, 9.17) is 22.1 Å². The summed E-state index contributed by atoms with van der Waals surface area (Å²) in [6.45, 7) is 0.351. The molecule has 0 atom stereocenters. The van der Waals surface area contributed by atoms with E-state index in [1.54, 1.807) is 18.2 Å². The van der Waals surface area contributed by atoms with E-state index in [-0.39, 0.29) is 5.75 Å². The van der Waals surface area contributed by atoms with E-state index < -0.39 is 6.36 Å². The van der Waals surface area contributed by atoms with Crippen LogP contribution in [0.3, 0.4) is 0 Å². The lowest BCUT2D eigenvalue weighted by atomic mass is 10.2. The number of alkyl halides is 3. The first-order chi connectivity index (χ1) is 9.87. The van der Waals surface area contributed by atoms with Crippen LogP contribution in [0.15, 0.2) is 42.5 Å². The molecule has 0 saturated heterocycles. The zero-order valence-corrected chi connectivity index (χ0v) is 11.4. The third-order valence-corrected chi connectivity index (χ3v) is 2.81. The van der Waals surface area contributed by atoms with Crippen LogP contribution in [0.1, 0.15) is 5.56 Å². The Bertz CT molecular complexity index is 615. The molecule has 0 aliphatic heterocycles. The van der Waals surface area contributed by atoms with E-state index in [9.17, 15) is 13.2 Å². The summed E-state index contributed by atoms with van der Waals surface area (Å²) < 4.78 is 45.3. The minimum absolute atomic E-state index is 0.320. The normalized spacial score (nSPS) is 11.3. The second-order valence-electron chi connectivity index (χ2n) is 4.09. The fraction of sp³-hybridized carbons (Fsp3) is 0.143. The molecule has 0 unspecified atom stereocenters. The van der Waals surface area contributed by atoms with Gasteiger partial charge in [0.2, 0.25) is 0 Å². The molecule has 0 bridgehead atoms. The molecule has 21 heavy (non-hydrogen) atoms. The van der Waals surface area contributed by atoms with Crippen molar-refractivity contribution in [2.45, 2.75) is 12.9 Å². The number of hydrogen-bond acceptors (Lipinski definition) is 3. The maximum absolute atomic E-state index is 12.0. The third-order valence-electron chi connectivity index (χ3n) is 2.52. The van der Waals surface area contributed by atoms with E-state index in [1.807, 2.05) is 0 Å². The van der Waals surface area contributed by atoms with Gasteiger partial charge in [0.05, 0.1) is 5.02 Å². The molecule has 0 heterocycles. The van der Waals surface area contributed by atoms with Crippen LogP contribution in [0, 0.1) is 0 Å². The second-order valence-corrected chi connectivity index (χ2v) is 4.50. The lowest BCUT2D eigenvalue weighted by Crippen LogP contribution is -2.16. The number of halogens is 4. The lowest BCUT2D eigenvalue weighted by Gasteiger charge is -2.11. The highest BCUT2D eigenvalue weighted by molar-refractivity contribution is 6.32. The molecule has 2 aromatic carbocycles. The summed E-state index contributed by atoms with van der Waals surface area (Å²) >= 11 is 6.02. The fourth-order valence-corrected chi connectivity index (χ4v) is 1.83. The van der Waals surface area contributed by atoms with E-state index in [1.165, 1.54) is 12.1 Å². The second kappa shape index (κ2) is 6.24. The Kier molecular flexibility index (Phi) is 4.59. The molecule has 0 fully saturated rings. The molecular formula is C14H11ClF3NO2. The van der Waals surface area contributed by atoms with Crippen molar-refractivity contribution in [1.82, 2.24) is 0 Å². The fourth-order valence-electron chi connectivity index (χ4n) is 1.59. The van der Waals surface area contributed by atoms with E-state index in [0.29, 0.717) is 23.1 Å². The molecule has 2 aromatic rings. The summed E-state index contributed by atoms with van der Waals surface area (Å²) in [5.41, 5.74) is 6.33. The first-order valence-electron chi connectivity index (χ1n) is 5.89. The monoisotopic (exact) mass is 317 g/mol. The van der Waals surface area contributed by atoms with Crippen molar-refractivity contribution in [3.8, 4) is 17.2 Å². The Morgan fingerprint density at radius 2 is 1.62 bits per heavy atom. The van der Waals surface area contributed by atoms with E-state index in [2.05, 4.69) is 4.74 Å². The molecule has 3 nitrogen and oxygen atoms in total. The topological polar surface area (TPSA) is 44.5 Å². The molecule has 7 heteroatoms. The Labute approximate surface area is 124 Å². The van der Waals surface area contributed by atoms with E-state index >= 15 is 0 Å². The number of ether oxygens (including phenoxy) is 2. The van der Waals surface area contributed by atoms with Crippen molar-refractivity contribution in [3.05, 3.63) is 53.1 Å². The summed E-state index contributed by atoms with van der Waals surface area (Å²) in [4.78, 5) is 0. The Balaban J connectivity index is 2.10. The van der Waals surface area contributed by atoms with Gasteiger partial charge in [-0.05, 0) is 42.0 Å². The molecule has 0 amide bonds. The van der Waals surface area contributed by atoms with Crippen molar-refractivity contribution in [2.75, 3.05) is 0 Å². The first-order valence-corrected chi connectivity index (χ1v) is 6.27. The highest BCUT2D eigenvalue weighted by Gasteiger charge is 2.30. The van der Waals surface area contributed by atoms with Gasteiger partial charge in [0, 0.05) is 6.54 Å². The van der Waals surface area contributed by atoms with Crippen LogP contribution >= 0.6 is 11.6 Å². The predicted octanol–water partition coefficient (Wildman–Crippen LogP) is 4.49.